The van der Waals surface area contributed by atoms with Gasteiger partial charge in [0.05, 0.1) is 0 Å². The van der Waals surface area contributed by atoms with Crippen molar-refractivity contribution in [1.82, 2.24) is 10.2 Å². The minimum atomic E-state index is -0.203. The summed E-state index contributed by atoms with van der Waals surface area (Å²) >= 11 is 0. The number of rotatable bonds is 4. The van der Waals surface area contributed by atoms with Crippen LogP contribution in [0.15, 0.2) is 48.5 Å². The molecule has 1 heterocycles. The van der Waals surface area contributed by atoms with E-state index in [0.717, 1.165) is 43.0 Å². The van der Waals surface area contributed by atoms with Crippen LogP contribution >= 0.6 is 0 Å². The van der Waals surface area contributed by atoms with Gasteiger partial charge in [-0.2, -0.15) is 0 Å². The summed E-state index contributed by atoms with van der Waals surface area (Å²) in [5.41, 5.74) is 2.92. The van der Waals surface area contributed by atoms with E-state index in [-0.39, 0.29) is 17.8 Å². The molecule has 0 aliphatic carbocycles. The van der Waals surface area contributed by atoms with Crippen LogP contribution in [0.4, 0.5) is 10.1 Å². The molecule has 1 saturated heterocycles. The average Bonchev–Trinajstić information content (AvgIpc) is 2.55. The molecular formula is C19H22FN3O. The van der Waals surface area contributed by atoms with Crippen molar-refractivity contribution in [1.29, 1.82) is 0 Å². The SMILES string of the molecule is CC(=O)Nc1cccc(CN2CCNCC2c2cccc(F)c2)c1. The van der Waals surface area contributed by atoms with E-state index in [9.17, 15) is 9.18 Å². The molecule has 0 spiro atoms. The first-order chi connectivity index (χ1) is 11.6. The van der Waals surface area contributed by atoms with Crippen LogP contribution in [0.25, 0.3) is 0 Å². The summed E-state index contributed by atoms with van der Waals surface area (Å²) in [6.07, 6.45) is 0. The van der Waals surface area contributed by atoms with Crippen LogP contribution in [0.5, 0.6) is 0 Å². The number of hydrogen-bond acceptors (Lipinski definition) is 3. The average molecular weight is 327 g/mol. The molecule has 3 rings (SSSR count). The summed E-state index contributed by atoms with van der Waals surface area (Å²) < 4.78 is 13.6. The molecule has 1 fully saturated rings. The van der Waals surface area contributed by atoms with Crippen LogP contribution < -0.4 is 10.6 Å². The Hall–Kier alpha value is -2.24. The van der Waals surface area contributed by atoms with Crippen molar-refractivity contribution in [3.8, 4) is 0 Å². The van der Waals surface area contributed by atoms with Crippen molar-refractivity contribution in [3.05, 3.63) is 65.5 Å². The van der Waals surface area contributed by atoms with E-state index in [4.69, 9.17) is 0 Å². The topological polar surface area (TPSA) is 44.4 Å². The lowest BCUT2D eigenvalue weighted by atomic mass is 10.0. The molecule has 4 nitrogen and oxygen atoms in total. The Bertz CT molecular complexity index is 719. The molecule has 126 valence electrons. The maximum Gasteiger partial charge on any atom is 0.221 e. The molecule has 5 heteroatoms. The number of piperazine rings is 1. The first-order valence-electron chi connectivity index (χ1n) is 8.18. The molecule has 0 radical (unpaired) electrons. The Labute approximate surface area is 141 Å². The van der Waals surface area contributed by atoms with Crippen LogP contribution in [0, 0.1) is 5.82 Å². The van der Waals surface area contributed by atoms with Crippen LogP contribution in [-0.4, -0.2) is 30.4 Å². The number of nitrogens with one attached hydrogen (secondary N) is 2. The molecule has 2 aromatic rings. The zero-order valence-electron chi connectivity index (χ0n) is 13.8. The highest BCUT2D eigenvalue weighted by Gasteiger charge is 2.24. The zero-order valence-corrected chi connectivity index (χ0v) is 13.8. The van der Waals surface area contributed by atoms with Gasteiger partial charge in [-0.1, -0.05) is 24.3 Å². The maximum absolute atomic E-state index is 13.6. The van der Waals surface area contributed by atoms with Gasteiger partial charge in [0, 0.05) is 44.8 Å². The predicted molar refractivity (Wildman–Crippen MR) is 93.2 cm³/mol. The highest BCUT2D eigenvalue weighted by Crippen LogP contribution is 2.25. The second kappa shape index (κ2) is 7.55. The van der Waals surface area contributed by atoms with Gasteiger partial charge in [0.1, 0.15) is 5.82 Å². The Morgan fingerprint density at radius 3 is 2.92 bits per heavy atom. The van der Waals surface area contributed by atoms with E-state index in [0.29, 0.717) is 0 Å². The van der Waals surface area contributed by atoms with Crippen LogP contribution in [0.3, 0.4) is 0 Å². The summed E-state index contributed by atoms with van der Waals surface area (Å²) in [4.78, 5) is 13.6. The van der Waals surface area contributed by atoms with Gasteiger partial charge in [-0.3, -0.25) is 9.69 Å². The number of amides is 1. The van der Waals surface area contributed by atoms with Crippen LogP contribution in [0.2, 0.25) is 0 Å². The van der Waals surface area contributed by atoms with Crippen molar-refractivity contribution in [2.45, 2.75) is 19.5 Å². The molecule has 1 aliphatic rings. The lowest BCUT2D eigenvalue weighted by Gasteiger charge is -2.36. The summed E-state index contributed by atoms with van der Waals surface area (Å²) in [7, 11) is 0. The fourth-order valence-corrected chi connectivity index (χ4v) is 3.16. The molecule has 1 aliphatic heterocycles. The molecule has 2 N–H and O–H groups in total. The van der Waals surface area contributed by atoms with E-state index in [1.54, 1.807) is 12.1 Å². The van der Waals surface area contributed by atoms with E-state index in [1.165, 1.54) is 13.0 Å². The van der Waals surface area contributed by atoms with E-state index in [2.05, 4.69) is 21.6 Å². The molecule has 2 aromatic carbocycles. The third-order valence-corrected chi connectivity index (χ3v) is 4.22. The van der Waals surface area contributed by atoms with Crippen molar-refractivity contribution < 1.29 is 9.18 Å². The molecule has 0 bridgehead atoms. The molecule has 1 unspecified atom stereocenters. The first kappa shape index (κ1) is 16.6. The van der Waals surface area contributed by atoms with Crippen molar-refractivity contribution in [3.63, 3.8) is 0 Å². The third-order valence-electron chi connectivity index (χ3n) is 4.22. The first-order valence-corrected chi connectivity index (χ1v) is 8.18. The number of halogens is 1. The Balaban J connectivity index is 1.78. The number of benzene rings is 2. The van der Waals surface area contributed by atoms with Crippen molar-refractivity contribution in [2.75, 3.05) is 25.0 Å². The Morgan fingerprint density at radius 2 is 2.12 bits per heavy atom. The van der Waals surface area contributed by atoms with Gasteiger partial charge in [-0.15, -0.1) is 0 Å². The van der Waals surface area contributed by atoms with Gasteiger partial charge in [0.2, 0.25) is 5.91 Å². The molecule has 24 heavy (non-hydrogen) atoms. The lowest BCUT2D eigenvalue weighted by Crippen LogP contribution is -2.45. The second-order valence-corrected chi connectivity index (χ2v) is 6.13. The van der Waals surface area contributed by atoms with Crippen LogP contribution in [0.1, 0.15) is 24.1 Å². The minimum Gasteiger partial charge on any atom is -0.326 e. The van der Waals surface area contributed by atoms with E-state index >= 15 is 0 Å². The third kappa shape index (κ3) is 4.19. The number of nitrogens with zero attached hydrogens (tertiary/aromatic N) is 1. The van der Waals surface area contributed by atoms with Gasteiger partial charge >= 0.3 is 0 Å². The number of hydrogen-bond donors (Lipinski definition) is 2. The molecule has 0 saturated carbocycles. The summed E-state index contributed by atoms with van der Waals surface area (Å²) in [6, 6.07) is 14.8. The van der Waals surface area contributed by atoms with Crippen molar-refractivity contribution in [2.24, 2.45) is 0 Å². The van der Waals surface area contributed by atoms with E-state index < -0.39 is 0 Å². The number of anilines is 1. The fraction of sp³-hybridized carbons (Fsp3) is 0.316. The second-order valence-electron chi connectivity index (χ2n) is 6.13. The fourth-order valence-electron chi connectivity index (χ4n) is 3.16. The quantitative estimate of drug-likeness (QED) is 0.907. The molecule has 0 aromatic heterocycles. The standard InChI is InChI=1S/C19H22FN3O/c1-14(24)22-18-7-2-4-15(10-18)13-23-9-8-21-12-19(23)16-5-3-6-17(20)11-16/h2-7,10-11,19,21H,8-9,12-13H2,1H3,(H,22,24). The van der Waals surface area contributed by atoms with Crippen molar-refractivity contribution >= 4 is 11.6 Å². The number of carbonyl (C=O) groups excluding carboxylic acids is 1. The Morgan fingerprint density at radius 1 is 1.29 bits per heavy atom. The Kier molecular flexibility index (Phi) is 5.23. The molecular weight excluding hydrogens is 305 g/mol. The summed E-state index contributed by atoms with van der Waals surface area (Å²) in [6.45, 7) is 4.87. The van der Waals surface area contributed by atoms with Gasteiger partial charge in [0.15, 0.2) is 0 Å². The molecule has 1 amide bonds. The largest absolute Gasteiger partial charge is 0.326 e. The van der Waals surface area contributed by atoms with Crippen LogP contribution in [-0.2, 0) is 11.3 Å². The van der Waals surface area contributed by atoms with Gasteiger partial charge in [-0.25, -0.2) is 4.39 Å². The highest BCUT2D eigenvalue weighted by molar-refractivity contribution is 5.88. The predicted octanol–water partition coefficient (Wildman–Crippen LogP) is 2.93. The van der Waals surface area contributed by atoms with E-state index in [1.807, 2.05) is 24.3 Å². The normalized spacial score (nSPS) is 18.3. The van der Waals surface area contributed by atoms with Gasteiger partial charge in [0.25, 0.3) is 0 Å². The summed E-state index contributed by atoms with van der Waals surface area (Å²) in [5, 5.41) is 6.20. The zero-order chi connectivity index (χ0) is 16.9. The maximum atomic E-state index is 13.6. The minimum absolute atomic E-state index is 0.0769. The smallest absolute Gasteiger partial charge is 0.221 e. The van der Waals surface area contributed by atoms with Gasteiger partial charge in [-0.05, 0) is 35.4 Å². The number of carbonyl (C=O) groups is 1. The monoisotopic (exact) mass is 327 g/mol. The molecule has 1 atom stereocenters. The highest BCUT2D eigenvalue weighted by atomic mass is 19.1. The van der Waals surface area contributed by atoms with Gasteiger partial charge < -0.3 is 10.6 Å². The summed E-state index contributed by atoms with van der Waals surface area (Å²) in [5.74, 6) is -0.280. The lowest BCUT2D eigenvalue weighted by molar-refractivity contribution is -0.114.